The number of allylic oxidation sites excluding steroid dienone is 1. The summed E-state index contributed by atoms with van der Waals surface area (Å²) in [5, 5.41) is 6.25. The summed E-state index contributed by atoms with van der Waals surface area (Å²) >= 11 is 0. The molecule has 0 aromatic carbocycles. The summed E-state index contributed by atoms with van der Waals surface area (Å²) < 4.78 is 0. The lowest BCUT2D eigenvalue weighted by Crippen LogP contribution is -2.08. The van der Waals surface area contributed by atoms with Crippen LogP contribution < -0.4 is 5.32 Å². The van der Waals surface area contributed by atoms with Crippen LogP contribution in [0.2, 0.25) is 0 Å². The summed E-state index contributed by atoms with van der Waals surface area (Å²) in [4.78, 5) is 2.59. The first-order valence-corrected chi connectivity index (χ1v) is 2.77. The zero-order valence-corrected chi connectivity index (χ0v) is 5.41. The van der Waals surface area contributed by atoms with E-state index >= 15 is 0 Å². The van der Waals surface area contributed by atoms with Gasteiger partial charge in [-0.25, -0.2) is 0 Å². The number of hydrogen-bond donors (Lipinski definition) is 1. The first kappa shape index (κ1) is 7.85. The van der Waals surface area contributed by atoms with E-state index in [1.165, 1.54) is 0 Å². The van der Waals surface area contributed by atoms with Gasteiger partial charge in [-0.3, -0.25) is 0 Å². The molecule has 0 bridgehead atoms. The second kappa shape index (κ2) is 6.85. The minimum Gasteiger partial charge on any atom is -0.391 e. The molecule has 0 rings (SSSR count). The lowest BCUT2D eigenvalue weighted by atomic mass is 10.6. The van der Waals surface area contributed by atoms with Gasteiger partial charge in [0.15, 0.2) is 0 Å². The van der Waals surface area contributed by atoms with Crippen molar-refractivity contribution >= 4 is 0 Å². The zero-order valence-electron chi connectivity index (χ0n) is 5.41. The first-order chi connectivity index (χ1) is 4.41. The van der Waals surface area contributed by atoms with Crippen molar-refractivity contribution in [2.75, 3.05) is 13.1 Å². The molecule has 0 aromatic rings. The Morgan fingerprint density at radius 1 is 1.78 bits per heavy atom. The fraction of sp³-hybridized carbons (Fsp3) is 0.600. The van der Waals surface area contributed by atoms with Crippen LogP contribution in [0, 0.1) is 0 Å². The van der Waals surface area contributed by atoms with Crippen LogP contribution in [0.25, 0.3) is 10.4 Å². The molecule has 0 spiro atoms. The van der Waals surface area contributed by atoms with Crippen LogP contribution in [0.1, 0.15) is 6.92 Å². The highest BCUT2D eigenvalue weighted by Crippen LogP contribution is 1.68. The van der Waals surface area contributed by atoms with Crippen molar-refractivity contribution < 1.29 is 0 Å². The van der Waals surface area contributed by atoms with Crippen molar-refractivity contribution in [3.63, 3.8) is 0 Å². The second-order valence-electron chi connectivity index (χ2n) is 1.41. The number of hydrogen-bond acceptors (Lipinski definition) is 2. The zero-order chi connectivity index (χ0) is 6.95. The maximum Gasteiger partial charge on any atom is 0.0431 e. The van der Waals surface area contributed by atoms with E-state index in [-0.39, 0.29) is 0 Å². The van der Waals surface area contributed by atoms with E-state index in [0.717, 1.165) is 0 Å². The SMILES string of the molecule is C/C=C\NCCN=[N+]=[N-]. The van der Waals surface area contributed by atoms with E-state index in [2.05, 4.69) is 15.3 Å². The van der Waals surface area contributed by atoms with Crippen molar-refractivity contribution in [2.45, 2.75) is 6.92 Å². The molecular weight excluding hydrogens is 116 g/mol. The first-order valence-electron chi connectivity index (χ1n) is 2.77. The van der Waals surface area contributed by atoms with Gasteiger partial charge in [-0.1, -0.05) is 11.2 Å². The molecular formula is C5H10N4. The van der Waals surface area contributed by atoms with Gasteiger partial charge in [0.25, 0.3) is 0 Å². The molecule has 0 fully saturated rings. The third-order valence-electron chi connectivity index (χ3n) is 0.704. The quantitative estimate of drug-likeness (QED) is 0.263. The Bertz CT molecular complexity index is 123. The van der Waals surface area contributed by atoms with Crippen molar-refractivity contribution in [3.05, 3.63) is 22.7 Å². The molecule has 0 unspecified atom stereocenters. The van der Waals surface area contributed by atoms with E-state index < -0.39 is 0 Å². The fourth-order valence-corrected chi connectivity index (χ4v) is 0.360. The molecule has 0 amide bonds. The van der Waals surface area contributed by atoms with E-state index in [9.17, 15) is 0 Å². The molecule has 0 atom stereocenters. The maximum absolute atomic E-state index is 7.84. The Morgan fingerprint density at radius 2 is 2.56 bits per heavy atom. The predicted molar refractivity (Wildman–Crippen MR) is 36.8 cm³/mol. The van der Waals surface area contributed by atoms with Crippen molar-refractivity contribution in [1.82, 2.24) is 5.32 Å². The van der Waals surface area contributed by atoms with Gasteiger partial charge in [-0.05, 0) is 18.7 Å². The van der Waals surface area contributed by atoms with Gasteiger partial charge in [0.05, 0.1) is 0 Å². The highest BCUT2D eigenvalue weighted by Gasteiger charge is 1.74. The standard InChI is InChI=1S/C5H10N4/c1-2-3-7-4-5-8-9-6/h2-3,7H,4-5H2,1H3/b3-2-. The largest absolute Gasteiger partial charge is 0.391 e. The van der Waals surface area contributed by atoms with E-state index in [1.54, 1.807) is 0 Å². The summed E-state index contributed by atoms with van der Waals surface area (Å²) in [6.07, 6.45) is 3.70. The van der Waals surface area contributed by atoms with Gasteiger partial charge < -0.3 is 5.32 Å². The lowest BCUT2D eigenvalue weighted by molar-refractivity contribution is 0.836. The molecule has 0 aliphatic heterocycles. The third-order valence-corrected chi connectivity index (χ3v) is 0.704. The van der Waals surface area contributed by atoms with Crippen LogP contribution in [-0.4, -0.2) is 13.1 Å². The summed E-state index contributed by atoms with van der Waals surface area (Å²) in [5.41, 5.74) is 7.84. The molecule has 9 heavy (non-hydrogen) atoms. The van der Waals surface area contributed by atoms with Crippen LogP contribution in [0.5, 0.6) is 0 Å². The number of rotatable bonds is 4. The Morgan fingerprint density at radius 3 is 3.11 bits per heavy atom. The number of nitrogens with zero attached hydrogens (tertiary/aromatic N) is 3. The van der Waals surface area contributed by atoms with Gasteiger partial charge in [-0.15, -0.1) is 0 Å². The van der Waals surface area contributed by atoms with Gasteiger partial charge in [0.1, 0.15) is 0 Å². The van der Waals surface area contributed by atoms with Crippen molar-refractivity contribution in [1.29, 1.82) is 0 Å². The lowest BCUT2D eigenvalue weighted by Gasteiger charge is -1.91. The van der Waals surface area contributed by atoms with Gasteiger partial charge in [0.2, 0.25) is 0 Å². The monoisotopic (exact) mass is 126 g/mol. The third kappa shape index (κ3) is 6.85. The Labute approximate surface area is 54.2 Å². The molecule has 0 aromatic heterocycles. The van der Waals surface area contributed by atoms with E-state index in [0.29, 0.717) is 13.1 Å². The maximum atomic E-state index is 7.84. The van der Waals surface area contributed by atoms with Crippen LogP contribution in [0.3, 0.4) is 0 Å². The molecule has 1 N–H and O–H groups in total. The molecule has 0 aliphatic rings. The van der Waals surface area contributed by atoms with Crippen LogP contribution in [0.4, 0.5) is 0 Å². The average molecular weight is 126 g/mol. The Hall–Kier alpha value is -1.15. The van der Waals surface area contributed by atoms with Crippen molar-refractivity contribution in [2.24, 2.45) is 5.11 Å². The predicted octanol–water partition coefficient (Wildman–Crippen LogP) is 1.42. The molecule has 0 saturated heterocycles. The summed E-state index contributed by atoms with van der Waals surface area (Å²) in [6, 6.07) is 0. The molecule has 0 saturated carbocycles. The minimum atomic E-state index is 0.501. The fourth-order valence-electron chi connectivity index (χ4n) is 0.360. The van der Waals surface area contributed by atoms with Crippen LogP contribution >= 0.6 is 0 Å². The molecule has 50 valence electrons. The molecule has 4 nitrogen and oxygen atoms in total. The number of azide groups is 1. The summed E-state index contributed by atoms with van der Waals surface area (Å²) in [7, 11) is 0. The van der Waals surface area contributed by atoms with E-state index in [1.807, 2.05) is 19.2 Å². The second-order valence-corrected chi connectivity index (χ2v) is 1.41. The van der Waals surface area contributed by atoms with Gasteiger partial charge in [0, 0.05) is 18.0 Å². The normalized spacial score (nSPS) is 9.00. The molecule has 0 radical (unpaired) electrons. The van der Waals surface area contributed by atoms with E-state index in [4.69, 9.17) is 5.53 Å². The van der Waals surface area contributed by atoms with Crippen LogP contribution in [-0.2, 0) is 0 Å². The molecule has 0 aliphatic carbocycles. The number of nitrogens with one attached hydrogen (secondary N) is 1. The smallest absolute Gasteiger partial charge is 0.0431 e. The Balaban J connectivity index is 3.00. The van der Waals surface area contributed by atoms with Crippen LogP contribution in [0.15, 0.2) is 17.4 Å². The Kier molecular flexibility index (Phi) is 5.97. The van der Waals surface area contributed by atoms with Gasteiger partial charge >= 0.3 is 0 Å². The molecule has 4 heteroatoms. The highest BCUT2D eigenvalue weighted by atomic mass is 15.1. The topological polar surface area (TPSA) is 60.8 Å². The summed E-state index contributed by atoms with van der Waals surface area (Å²) in [6.45, 7) is 3.12. The minimum absolute atomic E-state index is 0.501. The van der Waals surface area contributed by atoms with Crippen molar-refractivity contribution in [3.8, 4) is 0 Å². The molecule has 0 heterocycles. The van der Waals surface area contributed by atoms with Gasteiger partial charge in [-0.2, -0.15) is 0 Å². The summed E-state index contributed by atoms with van der Waals surface area (Å²) in [5.74, 6) is 0. The highest BCUT2D eigenvalue weighted by molar-refractivity contribution is 4.73. The average Bonchev–Trinajstić information content (AvgIpc) is 1.89.